The van der Waals surface area contributed by atoms with E-state index < -0.39 is 5.41 Å². The van der Waals surface area contributed by atoms with Gasteiger partial charge in [0.15, 0.2) is 0 Å². The van der Waals surface area contributed by atoms with Crippen LogP contribution in [-0.4, -0.2) is 0 Å². The topological polar surface area (TPSA) is 0 Å². The molecule has 53 heavy (non-hydrogen) atoms. The van der Waals surface area contributed by atoms with E-state index in [1.165, 1.54) is 89.0 Å². The van der Waals surface area contributed by atoms with Gasteiger partial charge in [-0.05, 0) is 125 Å². The quantitative estimate of drug-likeness (QED) is 0.172. The van der Waals surface area contributed by atoms with Gasteiger partial charge < -0.3 is 0 Å². The first-order chi connectivity index (χ1) is 25.9. The van der Waals surface area contributed by atoms with E-state index in [4.69, 9.17) is 11.6 Å². The molecule has 0 atom stereocenters. The van der Waals surface area contributed by atoms with Gasteiger partial charge in [-0.25, -0.2) is 0 Å². The molecule has 0 bridgehead atoms. The number of halogens is 1. The van der Waals surface area contributed by atoms with E-state index in [1.807, 2.05) is 6.07 Å². The van der Waals surface area contributed by atoms with E-state index in [0.717, 1.165) is 5.02 Å². The van der Waals surface area contributed by atoms with Crippen molar-refractivity contribution in [2.75, 3.05) is 0 Å². The predicted molar refractivity (Wildman–Crippen MR) is 223 cm³/mol. The number of hydrogen-bond acceptors (Lipinski definition) is 0. The Morgan fingerprint density at radius 2 is 0.736 bits per heavy atom. The Labute approximate surface area is 317 Å². The summed E-state index contributed by atoms with van der Waals surface area (Å²) in [7, 11) is 0. The molecule has 8 aromatic carbocycles. The number of fused-ring (bicyclic) bond motifs is 9. The van der Waals surface area contributed by atoms with Gasteiger partial charge >= 0.3 is 0 Å². The minimum atomic E-state index is -0.522. The van der Waals surface area contributed by atoms with Crippen LogP contribution in [0.1, 0.15) is 47.2 Å². The average Bonchev–Trinajstić information content (AvgIpc) is 3.50. The highest BCUT2D eigenvalue weighted by atomic mass is 35.5. The molecule has 2 aliphatic rings. The van der Waals surface area contributed by atoms with Crippen LogP contribution in [0.5, 0.6) is 0 Å². The first-order valence-corrected chi connectivity index (χ1v) is 18.8. The van der Waals surface area contributed by atoms with E-state index in [-0.39, 0.29) is 5.41 Å². The van der Waals surface area contributed by atoms with Crippen LogP contribution in [0.4, 0.5) is 0 Å². The van der Waals surface area contributed by atoms with E-state index in [0.29, 0.717) is 0 Å². The molecule has 2 aliphatic carbocycles. The number of benzene rings is 8. The Morgan fingerprint density at radius 3 is 1.28 bits per heavy atom. The first kappa shape index (κ1) is 31.8. The number of rotatable bonds is 4. The summed E-state index contributed by atoms with van der Waals surface area (Å²) in [6, 6.07) is 69.1. The van der Waals surface area contributed by atoms with Crippen LogP contribution in [0.15, 0.2) is 188 Å². The lowest BCUT2D eigenvalue weighted by Gasteiger charge is -2.47. The second kappa shape index (κ2) is 12.1. The minimum absolute atomic E-state index is 0.299. The molecule has 0 aliphatic heterocycles. The summed E-state index contributed by atoms with van der Waals surface area (Å²) in [6.45, 7) is 4.82. The largest absolute Gasteiger partial charge is 0.0843 e. The maximum atomic E-state index is 6.92. The highest BCUT2D eigenvalue weighted by molar-refractivity contribution is 6.30. The van der Waals surface area contributed by atoms with Gasteiger partial charge in [0.25, 0.3) is 0 Å². The maximum Gasteiger partial charge on any atom is 0.0720 e. The summed E-state index contributed by atoms with van der Waals surface area (Å²) in [4.78, 5) is 0. The normalized spacial score (nSPS) is 14.2. The van der Waals surface area contributed by atoms with Crippen LogP contribution in [0.2, 0.25) is 5.02 Å². The smallest absolute Gasteiger partial charge is 0.0720 e. The first-order valence-electron chi connectivity index (χ1n) is 18.4. The molecule has 0 radical (unpaired) electrons. The summed E-state index contributed by atoms with van der Waals surface area (Å²) < 4.78 is 0. The molecule has 0 unspecified atom stereocenters. The molecule has 0 amide bonds. The second-order valence-corrected chi connectivity index (χ2v) is 15.5. The third-order valence-electron chi connectivity index (χ3n) is 11.8. The fraction of sp³-hybridized carbons (Fsp3) is 0.0769. The van der Waals surface area contributed by atoms with Gasteiger partial charge in [0.1, 0.15) is 0 Å². The van der Waals surface area contributed by atoms with Crippen molar-refractivity contribution in [2.45, 2.75) is 24.7 Å². The van der Waals surface area contributed by atoms with E-state index in [1.54, 1.807) is 0 Å². The molecule has 252 valence electrons. The Kier molecular flexibility index (Phi) is 7.22. The zero-order chi connectivity index (χ0) is 35.7. The molecule has 10 rings (SSSR count). The van der Waals surface area contributed by atoms with E-state index in [9.17, 15) is 0 Å². The van der Waals surface area contributed by atoms with Crippen molar-refractivity contribution >= 4 is 11.6 Å². The van der Waals surface area contributed by atoms with Crippen molar-refractivity contribution in [2.24, 2.45) is 0 Å². The monoisotopic (exact) mass is 696 g/mol. The van der Waals surface area contributed by atoms with Gasteiger partial charge in [-0.1, -0.05) is 177 Å². The van der Waals surface area contributed by atoms with E-state index >= 15 is 0 Å². The summed E-state index contributed by atoms with van der Waals surface area (Å²) in [5.41, 5.74) is 19.3. The molecule has 0 fully saturated rings. The van der Waals surface area contributed by atoms with Gasteiger partial charge in [0.05, 0.1) is 5.41 Å². The van der Waals surface area contributed by atoms with Gasteiger partial charge in [-0.3, -0.25) is 0 Å². The van der Waals surface area contributed by atoms with Crippen molar-refractivity contribution in [3.05, 3.63) is 226 Å². The lowest BCUT2D eigenvalue weighted by Crippen LogP contribution is -2.40. The SMILES string of the molecule is CC1(C)c2cc(-c3cccc(-c4ccccc4)c3)ccc2C2(c3ccccc3-c3ccc(Cl)cc32)c2ccc(-c3cccc(-c4ccccc4)c3)cc21. The van der Waals surface area contributed by atoms with Crippen LogP contribution in [0.25, 0.3) is 55.6 Å². The van der Waals surface area contributed by atoms with Crippen molar-refractivity contribution in [1.29, 1.82) is 0 Å². The van der Waals surface area contributed by atoms with Crippen molar-refractivity contribution in [3.8, 4) is 55.6 Å². The summed E-state index contributed by atoms with van der Waals surface area (Å²) in [5, 5.41) is 0.757. The standard InChI is InChI=1S/C52H37Cl/c1-51(2)49-31-40(38-19-11-17-36(29-38)34-13-5-3-6-14-34)23-27-46(49)52(45-22-10-9-21-43(45)44-26-25-42(53)33-48(44)52)47-28-24-41(32-50(47)51)39-20-12-18-37(30-39)35-15-7-4-8-16-35/h3-33H,1-2H3. The predicted octanol–water partition coefficient (Wildman–Crippen LogP) is 14.0. The zero-order valence-corrected chi connectivity index (χ0v) is 30.5. The summed E-state index contributed by atoms with van der Waals surface area (Å²) in [5.74, 6) is 0. The van der Waals surface area contributed by atoms with Crippen LogP contribution in [-0.2, 0) is 10.8 Å². The van der Waals surface area contributed by atoms with Crippen LogP contribution in [0.3, 0.4) is 0 Å². The highest BCUT2D eigenvalue weighted by Crippen LogP contribution is 2.63. The van der Waals surface area contributed by atoms with Crippen LogP contribution in [0, 0.1) is 0 Å². The maximum absolute atomic E-state index is 6.92. The molecule has 0 N–H and O–H groups in total. The van der Waals surface area contributed by atoms with Crippen LogP contribution < -0.4 is 0 Å². The second-order valence-electron chi connectivity index (χ2n) is 15.0. The molecule has 0 saturated carbocycles. The van der Waals surface area contributed by atoms with Gasteiger partial charge in [-0.2, -0.15) is 0 Å². The molecular weight excluding hydrogens is 660 g/mol. The minimum Gasteiger partial charge on any atom is -0.0843 e. The summed E-state index contributed by atoms with van der Waals surface area (Å²) in [6.07, 6.45) is 0. The fourth-order valence-electron chi connectivity index (χ4n) is 9.28. The third kappa shape index (κ3) is 4.83. The molecule has 0 heterocycles. The lowest BCUT2D eigenvalue weighted by atomic mass is 9.55. The Balaban J connectivity index is 1.23. The van der Waals surface area contributed by atoms with Crippen molar-refractivity contribution in [1.82, 2.24) is 0 Å². The Hall–Kier alpha value is -5.95. The van der Waals surface area contributed by atoms with Gasteiger partial charge in [0, 0.05) is 10.4 Å². The fourth-order valence-corrected chi connectivity index (χ4v) is 9.45. The average molecular weight is 697 g/mol. The molecular formula is C52H37Cl. The molecule has 0 saturated heterocycles. The molecule has 0 nitrogen and oxygen atoms in total. The zero-order valence-electron chi connectivity index (χ0n) is 29.8. The Bertz CT molecular complexity index is 2560. The molecule has 1 spiro atoms. The van der Waals surface area contributed by atoms with Crippen molar-refractivity contribution < 1.29 is 0 Å². The van der Waals surface area contributed by atoms with Crippen molar-refractivity contribution in [3.63, 3.8) is 0 Å². The molecule has 0 aromatic heterocycles. The van der Waals surface area contributed by atoms with Gasteiger partial charge in [-0.15, -0.1) is 0 Å². The lowest BCUT2D eigenvalue weighted by molar-refractivity contribution is 0.564. The van der Waals surface area contributed by atoms with Gasteiger partial charge in [0.2, 0.25) is 0 Å². The number of hydrogen-bond donors (Lipinski definition) is 0. The third-order valence-corrected chi connectivity index (χ3v) is 12.0. The van der Waals surface area contributed by atoms with E-state index in [2.05, 4.69) is 196 Å². The highest BCUT2D eigenvalue weighted by Gasteiger charge is 2.53. The Morgan fingerprint density at radius 1 is 0.302 bits per heavy atom. The van der Waals surface area contributed by atoms with Crippen LogP contribution >= 0.6 is 11.6 Å². The molecule has 8 aromatic rings. The molecule has 1 heteroatoms. The summed E-state index contributed by atoms with van der Waals surface area (Å²) >= 11 is 6.92.